The van der Waals surface area contributed by atoms with Crippen LogP contribution in [0.1, 0.15) is 18.2 Å². The zero-order chi connectivity index (χ0) is 20.2. The number of hydrogen-bond donors (Lipinski definition) is 0. The molecule has 2 aromatic carbocycles. The molecule has 1 aliphatic heterocycles. The maximum Gasteiger partial charge on any atom is 0.363 e. The van der Waals surface area contributed by atoms with Gasteiger partial charge in [-0.15, -0.1) is 0 Å². The molecule has 1 aromatic heterocycles. The number of aromatic nitrogens is 1. The summed E-state index contributed by atoms with van der Waals surface area (Å²) in [7, 11) is 1.61. The molecule has 5 nitrogen and oxygen atoms in total. The normalized spacial score (nSPS) is 15.2. The van der Waals surface area contributed by atoms with Crippen molar-refractivity contribution in [3.8, 4) is 5.75 Å². The van der Waals surface area contributed by atoms with E-state index < -0.39 is 5.97 Å². The van der Waals surface area contributed by atoms with Crippen molar-refractivity contribution < 1.29 is 18.8 Å². The lowest BCUT2D eigenvalue weighted by atomic mass is 10.2. The molecule has 29 heavy (non-hydrogen) atoms. The second kappa shape index (κ2) is 8.10. The number of carbonyl (C=O) groups excluding carboxylic acids is 1. The number of hydrogen-bond acceptors (Lipinski definition) is 4. The first kappa shape index (κ1) is 18.6. The summed E-state index contributed by atoms with van der Waals surface area (Å²) in [4.78, 5) is 16.5. The first-order valence-electron chi connectivity index (χ1n) is 9.44. The van der Waals surface area contributed by atoms with Crippen LogP contribution in [0.15, 0.2) is 77.4 Å². The van der Waals surface area contributed by atoms with Crippen molar-refractivity contribution in [2.75, 3.05) is 7.11 Å². The zero-order valence-corrected chi connectivity index (χ0v) is 16.3. The summed E-state index contributed by atoms with van der Waals surface area (Å²) >= 11 is 0. The number of carbonyl (C=O) groups is 1. The molecule has 4 rings (SSSR count). The Hall–Kier alpha value is -3.73. The molecule has 0 spiro atoms. The van der Waals surface area contributed by atoms with E-state index in [9.17, 15) is 4.79 Å². The summed E-state index contributed by atoms with van der Waals surface area (Å²) < 4.78 is 12.6. The number of fused-ring (bicyclic) bond motifs is 1. The number of pyridine rings is 1. The van der Waals surface area contributed by atoms with Crippen LogP contribution in [0.25, 0.3) is 23.1 Å². The van der Waals surface area contributed by atoms with Gasteiger partial charge < -0.3 is 9.47 Å². The van der Waals surface area contributed by atoms with Gasteiger partial charge in [0.05, 0.1) is 7.11 Å². The van der Waals surface area contributed by atoms with E-state index in [2.05, 4.69) is 34.7 Å². The number of nitrogens with zero attached hydrogens (tertiary/aromatic N) is 2. The van der Waals surface area contributed by atoms with Gasteiger partial charge in [-0.1, -0.05) is 24.3 Å². The standard InChI is InChI=1S/C24H21N2O3/c1-3-26-19(11-10-18-6-4-5-7-22(18)26)12-15-23-25-21(24(27)29-23)16-17-8-13-20(28-2)14-9-17/h4-16H,3H2,1-2H3/q+1/b15-12+,21-16+. The second-order valence-electron chi connectivity index (χ2n) is 6.54. The third-order valence-corrected chi connectivity index (χ3v) is 4.74. The van der Waals surface area contributed by atoms with E-state index in [1.54, 1.807) is 19.3 Å². The van der Waals surface area contributed by atoms with E-state index in [4.69, 9.17) is 9.47 Å². The van der Waals surface area contributed by atoms with Crippen LogP contribution in [-0.2, 0) is 16.1 Å². The van der Waals surface area contributed by atoms with Gasteiger partial charge in [0.1, 0.15) is 12.3 Å². The summed E-state index contributed by atoms with van der Waals surface area (Å²) in [5, 5.41) is 1.18. The fourth-order valence-electron chi connectivity index (χ4n) is 3.29. The minimum Gasteiger partial charge on any atom is -0.497 e. The molecular formula is C24H21N2O3+. The lowest BCUT2D eigenvalue weighted by Crippen LogP contribution is -2.36. The summed E-state index contributed by atoms with van der Waals surface area (Å²) in [5.41, 5.74) is 3.29. The molecule has 144 valence electrons. The SMILES string of the molecule is CC[n+]1c(/C=C/C2=NC(=C/c3ccc(OC)cc3)/C(=O)O2)ccc2ccccc21. The van der Waals surface area contributed by atoms with Crippen LogP contribution in [0.2, 0.25) is 0 Å². The lowest BCUT2D eigenvalue weighted by Gasteiger charge is -2.02. The smallest absolute Gasteiger partial charge is 0.363 e. The van der Waals surface area contributed by atoms with Crippen LogP contribution < -0.4 is 9.30 Å². The molecule has 3 aromatic rings. The number of benzene rings is 2. The second-order valence-corrected chi connectivity index (χ2v) is 6.54. The number of aliphatic imine (C=N–C) groups is 1. The number of ether oxygens (including phenoxy) is 2. The molecule has 0 saturated carbocycles. The third kappa shape index (κ3) is 3.94. The van der Waals surface area contributed by atoms with Gasteiger partial charge in [0.2, 0.25) is 17.1 Å². The molecule has 0 aliphatic carbocycles. The number of methoxy groups -OCH3 is 1. The Bertz CT molecular complexity index is 1160. The van der Waals surface area contributed by atoms with Crippen molar-refractivity contribution in [3.63, 3.8) is 0 Å². The zero-order valence-electron chi connectivity index (χ0n) is 16.3. The average Bonchev–Trinajstić information content (AvgIpc) is 3.11. The Morgan fingerprint density at radius 1 is 1.03 bits per heavy atom. The van der Waals surface area contributed by atoms with Crippen LogP contribution in [0, 0.1) is 0 Å². The van der Waals surface area contributed by atoms with E-state index in [0.29, 0.717) is 0 Å². The van der Waals surface area contributed by atoms with Gasteiger partial charge in [-0.3, -0.25) is 0 Å². The maximum atomic E-state index is 12.2. The Morgan fingerprint density at radius 2 is 1.83 bits per heavy atom. The van der Waals surface area contributed by atoms with E-state index >= 15 is 0 Å². The first-order chi connectivity index (χ1) is 14.2. The predicted molar refractivity (Wildman–Crippen MR) is 113 cm³/mol. The fraction of sp³-hybridized carbons (Fsp3) is 0.125. The lowest BCUT2D eigenvalue weighted by molar-refractivity contribution is -0.669. The summed E-state index contributed by atoms with van der Waals surface area (Å²) in [6, 6.07) is 19.8. The predicted octanol–water partition coefficient (Wildman–Crippen LogP) is 4.17. The highest BCUT2D eigenvalue weighted by atomic mass is 16.6. The van der Waals surface area contributed by atoms with Gasteiger partial charge in [-0.25, -0.2) is 9.79 Å². The van der Waals surface area contributed by atoms with E-state index in [0.717, 1.165) is 29.1 Å². The molecule has 0 fully saturated rings. The highest BCUT2D eigenvalue weighted by Gasteiger charge is 2.21. The molecule has 0 bridgehead atoms. The Morgan fingerprint density at radius 3 is 2.59 bits per heavy atom. The largest absolute Gasteiger partial charge is 0.497 e. The Balaban J connectivity index is 1.60. The number of para-hydroxylation sites is 1. The Labute approximate surface area is 169 Å². The van der Waals surface area contributed by atoms with Crippen molar-refractivity contribution in [1.82, 2.24) is 0 Å². The van der Waals surface area contributed by atoms with Crippen molar-refractivity contribution >= 4 is 34.9 Å². The molecule has 0 saturated heterocycles. The van der Waals surface area contributed by atoms with Gasteiger partial charge in [0, 0.05) is 29.7 Å². The quantitative estimate of drug-likeness (QED) is 0.376. The van der Waals surface area contributed by atoms with Crippen molar-refractivity contribution in [3.05, 3.63) is 83.7 Å². The molecule has 2 heterocycles. The van der Waals surface area contributed by atoms with Crippen LogP contribution in [0.3, 0.4) is 0 Å². The minimum atomic E-state index is -0.456. The average molecular weight is 385 g/mol. The maximum absolute atomic E-state index is 12.2. The molecule has 0 amide bonds. The monoisotopic (exact) mass is 385 g/mol. The molecule has 0 radical (unpaired) electrons. The number of rotatable bonds is 5. The minimum absolute atomic E-state index is 0.275. The Kier molecular flexibility index (Phi) is 5.20. The van der Waals surface area contributed by atoms with Crippen LogP contribution in [0.5, 0.6) is 5.75 Å². The summed E-state index contributed by atoms with van der Waals surface area (Å²) in [6.45, 7) is 2.93. The van der Waals surface area contributed by atoms with Gasteiger partial charge >= 0.3 is 5.97 Å². The molecule has 5 heteroatoms. The number of esters is 1. The number of cyclic esters (lactones) is 1. The number of aryl methyl sites for hydroxylation is 1. The molecule has 1 aliphatic rings. The molecular weight excluding hydrogens is 364 g/mol. The van der Waals surface area contributed by atoms with Crippen LogP contribution in [0.4, 0.5) is 0 Å². The summed E-state index contributed by atoms with van der Waals surface area (Å²) in [5.74, 6) is 0.584. The van der Waals surface area contributed by atoms with E-state index in [1.807, 2.05) is 48.5 Å². The van der Waals surface area contributed by atoms with Gasteiger partial charge in [0.15, 0.2) is 5.70 Å². The molecule has 0 unspecified atom stereocenters. The van der Waals surface area contributed by atoms with Crippen molar-refractivity contribution in [2.24, 2.45) is 4.99 Å². The molecule has 0 atom stereocenters. The van der Waals surface area contributed by atoms with Crippen LogP contribution >= 0.6 is 0 Å². The highest BCUT2D eigenvalue weighted by molar-refractivity contribution is 6.11. The summed E-state index contributed by atoms with van der Waals surface area (Å²) in [6.07, 6.45) is 5.34. The third-order valence-electron chi connectivity index (χ3n) is 4.74. The molecule has 0 N–H and O–H groups in total. The van der Waals surface area contributed by atoms with Crippen molar-refractivity contribution in [2.45, 2.75) is 13.5 Å². The van der Waals surface area contributed by atoms with Crippen LogP contribution in [-0.4, -0.2) is 19.0 Å². The van der Waals surface area contributed by atoms with Gasteiger partial charge in [0.25, 0.3) is 0 Å². The van der Waals surface area contributed by atoms with Gasteiger partial charge in [-0.05, 0) is 42.8 Å². The van der Waals surface area contributed by atoms with E-state index in [-0.39, 0.29) is 11.6 Å². The van der Waals surface area contributed by atoms with Gasteiger partial charge in [-0.2, -0.15) is 4.57 Å². The highest BCUT2D eigenvalue weighted by Crippen LogP contribution is 2.19. The van der Waals surface area contributed by atoms with Crippen molar-refractivity contribution in [1.29, 1.82) is 0 Å². The fourth-order valence-corrected chi connectivity index (χ4v) is 3.29. The topological polar surface area (TPSA) is 51.8 Å². The first-order valence-corrected chi connectivity index (χ1v) is 9.44. The van der Waals surface area contributed by atoms with E-state index in [1.165, 1.54) is 5.39 Å².